The Hall–Kier alpha value is -2.83. The lowest BCUT2D eigenvalue weighted by Crippen LogP contribution is -2.15. The highest BCUT2D eigenvalue weighted by atomic mass is 19.1. The third-order valence-electron chi connectivity index (χ3n) is 3.14. The van der Waals surface area contributed by atoms with Crippen molar-refractivity contribution in [2.45, 2.75) is 13.3 Å². The second-order valence-electron chi connectivity index (χ2n) is 4.65. The SMILES string of the molecule is CCc1nc2c(NC(=O)c3cc(F)ccc3F)cccn2n1. The van der Waals surface area contributed by atoms with Gasteiger partial charge in [0.05, 0.1) is 11.3 Å². The summed E-state index contributed by atoms with van der Waals surface area (Å²) >= 11 is 0. The monoisotopic (exact) mass is 302 g/mol. The van der Waals surface area contributed by atoms with Gasteiger partial charge in [-0.15, -0.1) is 0 Å². The molecule has 0 bridgehead atoms. The van der Waals surface area contributed by atoms with Gasteiger partial charge in [0.1, 0.15) is 11.6 Å². The minimum atomic E-state index is -0.790. The van der Waals surface area contributed by atoms with Gasteiger partial charge in [0.25, 0.3) is 5.91 Å². The molecular weight excluding hydrogens is 290 g/mol. The Morgan fingerprint density at radius 3 is 2.91 bits per heavy atom. The number of rotatable bonds is 3. The zero-order chi connectivity index (χ0) is 15.7. The number of carbonyl (C=O) groups excluding carboxylic acids is 1. The third-order valence-corrected chi connectivity index (χ3v) is 3.14. The Morgan fingerprint density at radius 1 is 1.32 bits per heavy atom. The molecule has 22 heavy (non-hydrogen) atoms. The van der Waals surface area contributed by atoms with E-state index in [0.717, 1.165) is 18.2 Å². The molecule has 0 aliphatic heterocycles. The van der Waals surface area contributed by atoms with Crippen molar-refractivity contribution < 1.29 is 13.6 Å². The van der Waals surface area contributed by atoms with Gasteiger partial charge in [-0.1, -0.05) is 6.92 Å². The number of nitrogens with zero attached hydrogens (tertiary/aromatic N) is 3. The van der Waals surface area contributed by atoms with Crippen LogP contribution in [0, 0.1) is 11.6 Å². The number of aromatic nitrogens is 3. The fourth-order valence-corrected chi connectivity index (χ4v) is 2.06. The van der Waals surface area contributed by atoms with Crippen molar-refractivity contribution in [2.75, 3.05) is 5.32 Å². The van der Waals surface area contributed by atoms with Crippen LogP contribution in [-0.2, 0) is 6.42 Å². The molecule has 2 aromatic heterocycles. The molecule has 7 heteroatoms. The average Bonchev–Trinajstić information content (AvgIpc) is 2.94. The van der Waals surface area contributed by atoms with Crippen molar-refractivity contribution in [3.05, 3.63) is 59.6 Å². The van der Waals surface area contributed by atoms with Crippen LogP contribution in [-0.4, -0.2) is 20.5 Å². The summed E-state index contributed by atoms with van der Waals surface area (Å²) in [6.07, 6.45) is 2.34. The molecule has 3 aromatic rings. The van der Waals surface area contributed by atoms with Crippen LogP contribution in [0.25, 0.3) is 5.65 Å². The molecule has 0 saturated carbocycles. The van der Waals surface area contributed by atoms with Crippen LogP contribution in [0.1, 0.15) is 23.1 Å². The number of nitrogens with one attached hydrogen (secondary N) is 1. The first-order valence-electron chi connectivity index (χ1n) is 6.69. The highest BCUT2D eigenvalue weighted by Gasteiger charge is 2.15. The molecule has 0 radical (unpaired) electrons. The number of amides is 1. The molecular formula is C15H12F2N4O. The number of aryl methyl sites for hydroxylation is 1. The van der Waals surface area contributed by atoms with Crippen molar-refractivity contribution >= 4 is 17.2 Å². The Balaban J connectivity index is 1.97. The van der Waals surface area contributed by atoms with E-state index in [0.29, 0.717) is 23.6 Å². The average molecular weight is 302 g/mol. The predicted octanol–water partition coefficient (Wildman–Crippen LogP) is 2.82. The highest BCUT2D eigenvalue weighted by molar-refractivity contribution is 6.06. The van der Waals surface area contributed by atoms with E-state index in [1.807, 2.05) is 6.92 Å². The van der Waals surface area contributed by atoms with Crippen LogP contribution in [0.15, 0.2) is 36.5 Å². The third kappa shape index (κ3) is 2.52. The lowest BCUT2D eigenvalue weighted by molar-refractivity contribution is 0.102. The van der Waals surface area contributed by atoms with Gasteiger partial charge in [0, 0.05) is 12.6 Å². The largest absolute Gasteiger partial charge is 0.319 e. The van der Waals surface area contributed by atoms with E-state index < -0.39 is 17.5 Å². The molecule has 0 aliphatic carbocycles. The van der Waals surface area contributed by atoms with Gasteiger partial charge in [0.15, 0.2) is 11.5 Å². The minimum Gasteiger partial charge on any atom is -0.319 e. The molecule has 0 fully saturated rings. The number of benzene rings is 1. The zero-order valence-corrected chi connectivity index (χ0v) is 11.7. The standard InChI is InChI=1S/C15H12F2N4O/c1-2-13-19-14-12(4-3-7-21(14)20-13)18-15(22)10-8-9(16)5-6-11(10)17/h3-8H,2H2,1H3,(H,18,22). The number of anilines is 1. The number of halogens is 2. The summed E-state index contributed by atoms with van der Waals surface area (Å²) in [4.78, 5) is 16.4. The maximum absolute atomic E-state index is 13.6. The van der Waals surface area contributed by atoms with Gasteiger partial charge < -0.3 is 5.32 Å². The Bertz CT molecular complexity index is 860. The highest BCUT2D eigenvalue weighted by Crippen LogP contribution is 2.17. The first kappa shape index (κ1) is 14.1. The zero-order valence-electron chi connectivity index (χ0n) is 11.7. The minimum absolute atomic E-state index is 0.364. The lowest BCUT2D eigenvalue weighted by atomic mass is 10.2. The second-order valence-corrected chi connectivity index (χ2v) is 4.65. The van der Waals surface area contributed by atoms with Crippen LogP contribution < -0.4 is 5.32 Å². The van der Waals surface area contributed by atoms with Crippen LogP contribution in [0.3, 0.4) is 0 Å². The number of hydrogen-bond acceptors (Lipinski definition) is 3. The molecule has 1 aromatic carbocycles. The summed E-state index contributed by atoms with van der Waals surface area (Å²) in [6, 6.07) is 6.03. The Kier molecular flexibility index (Phi) is 3.54. The van der Waals surface area contributed by atoms with E-state index in [2.05, 4.69) is 15.4 Å². The first-order valence-corrected chi connectivity index (χ1v) is 6.69. The normalized spacial score (nSPS) is 10.9. The molecule has 112 valence electrons. The number of fused-ring (bicyclic) bond motifs is 1. The van der Waals surface area contributed by atoms with Gasteiger partial charge >= 0.3 is 0 Å². The van der Waals surface area contributed by atoms with E-state index >= 15 is 0 Å². The summed E-state index contributed by atoms with van der Waals surface area (Å²) in [6.45, 7) is 1.91. The van der Waals surface area contributed by atoms with Gasteiger partial charge in [-0.2, -0.15) is 5.10 Å². The summed E-state index contributed by atoms with van der Waals surface area (Å²) in [5, 5.41) is 6.76. The molecule has 3 rings (SSSR count). The molecule has 0 atom stereocenters. The lowest BCUT2D eigenvalue weighted by Gasteiger charge is -2.07. The Morgan fingerprint density at radius 2 is 2.14 bits per heavy atom. The number of hydrogen-bond donors (Lipinski definition) is 1. The quantitative estimate of drug-likeness (QED) is 0.809. The van der Waals surface area contributed by atoms with E-state index in [-0.39, 0.29) is 5.56 Å². The second kappa shape index (κ2) is 5.51. The van der Waals surface area contributed by atoms with Crippen LogP contribution in [0.2, 0.25) is 0 Å². The van der Waals surface area contributed by atoms with Crippen molar-refractivity contribution in [1.82, 2.24) is 14.6 Å². The van der Waals surface area contributed by atoms with Crippen molar-refractivity contribution in [2.24, 2.45) is 0 Å². The van der Waals surface area contributed by atoms with E-state index in [9.17, 15) is 13.6 Å². The maximum Gasteiger partial charge on any atom is 0.258 e. The van der Waals surface area contributed by atoms with Crippen molar-refractivity contribution in [3.8, 4) is 0 Å². The van der Waals surface area contributed by atoms with Gasteiger partial charge in [-0.05, 0) is 30.3 Å². The predicted molar refractivity (Wildman–Crippen MR) is 76.7 cm³/mol. The molecule has 1 N–H and O–H groups in total. The van der Waals surface area contributed by atoms with Gasteiger partial charge in [0.2, 0.25) is 0 Å². The summed E-state index contributed by atoms with van der Waals surface area (Å²) in [5.74, 6) is -1.59. The van der Waals surface area contributed by atoms with Crippen molar-refractivity contribution in [3.63, 3.8) is 0 Å². The van der Waals surface area contributed by atoms with Crippen LogP contribution >= 0.6 is 0 Å². The van der Waals surface area contributed by atoms with Gasteiger partial charge in [-0.25, -0.2) is 18.3 Å². The molecule has 0 aliphatic rings. The fraction of sp³-hybridized carbons (Fsp3) is 0.133. The topological polar surface area (TPSA) is 59.3 Å². The molecule has 0 spiro atoms. The molecule has 1 amide bonds. The number of pyridine rings is 1. The molecule has 5 nitrogen and oxygen atoms in total. The smallest absolute Gasteiger partial charge is 0.258 e. The molecule has 0 saturated heterocycles. The summed E-state index contributed by atoms with van der Waals surface area (Å²) < 4.78 is 28.3. The molecule has 2 heterocycles. The molecule has 0 unspecified atom stereocenters. The van der Waals surface area contributed by atoms with Crippen molar-refractivity contribution in [1.29, 1.82) is 0 Å². The van der Waals surface area contributed by atoms with Crippen LogP contribution in [0.4, 0.5) is 14.5 Å². The summed E-state index contributed by atoms with van der Waals surface area (Å²) in [7, 11) is 0. The first-order chi connectivity index (χ1) is 10.6. The van der Waals surface area contributed by atoms with Crippen LogP contribution in [0.5, 0.6) is 0 Å². The van der Waals surface area contributed by atoms with E-state index in [4.69, 9.17) is 0 Å². The maximum atomic E-state index is 13.6. The van der Waals surface area contributed by atoms with E-state index in [1.165, 1.54) is 4.52 Å². The van der Waals surface area contributed by atoms with Gasteiger partial charge in [-0.3, -0.25) is 4.79 Å². The summed E-state index contributed by atoms with van der Waals surface area (Å²) in [5.41, 5.74) is 0.463. The number of carbonyl (C=O) groups is 1. The Labute approximate surface area is 124 Å². The van der Waals surface area contributed by atoms with E-state index in [1.54, 1.807) is 18.3 Å². The fourth-order valence-electron chi connectivity index (χ4n) is 2.06.